The summed E-state index contributed by atoms with van der Waals surface area (Å²) in [6.45, 7) is 5.26. The maximum atomic E-state index is 12.4. The smallest absolute Gasteiger partial charge is 0.271 e. The lowest BCUT2D eigenvalue weighted by Gasteiger charge is -2.22. The van der Waals surface area contributed by atoms with Crippen LogP contribution in [0.5, 0.6) is 0 Å². The van der Waals surface area contributed by atoms with E-state index in [2.05, 4.69) is 20.2 Å². The number of carbonyl (C=O) groups excluding carboxylic acids is 1. The predicted molar refractivity (Wildman–Crippen MR) is 105 cm³/mol. The van der Waals surface area contributed by atoms with Gasteiger partial charge in [0.15, 0.2) is 5.82 Å². The van der Waals surface area contributed by atoms with Gasteiger partial charge in [-0.15, -0.1) is 11.3 Å². The number of amides is 1. The Hall–Kier alpha value is -2.72. The third-order valence-corrected chi connectivity index (χ3v) is 6.65. The van der Waals surface area contributed by atoms with Gasteiger partial charge in [0, 0.05) is 12.6 Å². The van der Waals surface area contributed by atoms with Crippen molar-refractivity contribution in [1.82, 2.24) is 15.5 Å². The Morgan fingerprint density at radius 1 is 1.21 bits per heavy atom. The number of hydrogen-bond acceptors (Lipinski definition) is 7. The van der Waals surface area contributed by atoms with Gasteiger partial charge in [0.2, 0.25) is 11.8 Å². The zero-order chi connectivity index (χ0) is 20.4. The molecule has 0 fully saturated rings. The minimum atomic E-state index is -3.59. The molecule has 0 aliphatic carbocycles. The van der Waals surface area contributed by atoms with E-state index < -0.39 is 15.6 Å². The number of sulfonamides is 1. The number of rotatable bonds is 7. The fourth-order valence-corrected chi connectivity index (χ4v) is 4.55. The lowest BCUT2D eigenvalue weighted by atomic mass is 10.0. The molecule has 0 saturated heterocycles. The molecule has 2 heterocycles. The number of aryl methyl sites for hydroxylation is 1. The fraction of sp³-hybridized carbons (Fsp3) is 0.278. The number of nitrogens with one attached hydrogen (secondary N) is 2. The van der Waals surface area contributed by atoms with Gasteiger partial charge in [-0.1, -0.05) is 23.4 Å². The van der Waals surface area contributed by atoms with E-state index in [0.29, 0.717) is 17.4 Å². The summed E-state index contributed by atoms with van der Waals surface area (Å²) >= 11 is 1.15. The molecule has 3 rings (SSSR count). The van der Waals surface area contributed by atoms with Crippen LogP contribution < -0.4 is 10.0 Å². The summed E-state index contributed by atoms with van der Waals surface area (Å²) in [6.07, 6.45) is 0.137. The highest BCUT2D eigenvalue weighted by Gasteiger charge is 2.28. The van der Waals surface area contributed by atoms with Crippen LogP contribution in [0, 0.1) is 6.92 Å². The molecular weight excluding hydrogens is 400 g/mol. The van der Waals surface area contributed by atoms with Crippen molar-refractivity contribution in [2.45, 2.75) is 36.9 Å². The van der Waals surface area contributed by atoms with Gasteiger partial charge in [-0.2, -0.15) is 4.98 Å². The topological polar surface area (TPSA) is 114 Å². The Balaban J connectivity index is 1.62. The van der Waals surface area contributed by atoms with Crippen LogP contribution in [-0.4, -0.2) is 24.5 Å². The van der Waals surface area contributed by atoms with Crippen molar-refractivity contribution in [3.8, 4) is 0 Å². The molecule has 1 amide bonds. The van der Waals surface area contributed by atoms with E-state index in [9.17, 15) is 13.2 Å². The predicted octanol–water partition coefficient (Wildman–Crippen LogP) is 2.83. The molecule has 0 aliphatic heterocycles. The van der Waals surface area contributed by atoms with Crippen LogP contribution in [0.25, 0.3) is 0 Å². The Labute approximate surface area is 167 Å². The molecule has 3 aromatic rings. The van der Waals surface area contributed by atoms with E-state index in [-0.39, 0.29) is 16.5 Å². The molecular formula is C18H20N4O4S2. The van der Waals surface area contributed by atoms with Crippen LogP contribution in [0.15, 0.2) is 50.5 Å². The number of nitrogens with zero attached hydrogens (tertiary/aromatic N) is 2. The highest BCUT2D eigenvalue weighted by molar-refractivity contribution is 7.94. The summed E-state index contributed by atoms with van der Waals surface area (Å²) in [5.41, 5.74) is 0.405. The number of benzene rings is 1. The summed E-state index contributed by atoms with van der Waals surface area (Å²) in [5.74, 6) is 0.619. The number of aromatic nitrogens is 2. The molecule has 1 aromatic carbocycles. The lowest BCUT2D eigenvalue weighted by Crippen LogP contribution is -2.42. The lowest BCUT2D eigenvalue weighted by molar-refractivity contribution is -0.122. The normalized spacial score (nSPS) is 12.0. The number of thiophene rings is 1. The molecule has 0 atom stereocenters. The molecule has 2 aromatic heterocycles. The van der Waals surface area contributed by atoms with E-state index in [4.69, 9.17) is 4.52 Å². The zero-order valence-corrected chi connectivity index (χ0v) is 17.2. The minimum absolute atomic E-state index is 0.137. The number of anilines is 1. The van der Waals surface area contributed by atoms with Crippen LogP contribution in [0.4, 0.5) is 5.69 Å². The van der Waals surface area contributed by atoms with Crippen molar-refractivity contribution < 1.29 is 17.7 Å². The largest absolute Gasteiger partial charge is 0.344 e. The van der Waals surface area contributed by atoms with E-state index in [1.807, 2.05) is 0 Å². The van der Waals surface area contributed by atoms with Gasteiger partial charge in [0.25, 0.3) is 10.0 Å². The second-order valence-corrected chi connectivity index (χ2v) is 9.58. The maximum absolute atomic E-state index is 12.4. The van der Waals surface area contributed by atoms with Crippen molar-refractivity contribution in [3.63, 3.8) is 0 Å². The molecule has 0 bridgehead atoms. The van der Waals surface area contributed by atoms with Gasteiger partial charge < -0.3 is 9.84 Å². The minimum Gasteiger partial charge on any atom is -0.344 e. The highest BCUT2D eigenvalue weighted by atomic mass is 32.2. The van der Waals surface area contributed by atoms with Crippen molar-refractivity contribution >= 4 is 33.0 Å². The molecule has 0 spiro atoms. The van der Waals surface area contributed by atoms with Gasteiger partial charge in [0.1, 0.15) is 4.21 Å². The van der Waals surface area contributed by atoms with Crippen molar-refractivity contribution in [3.05, 3.63) is 59.1 Å². The molecule has 0 aliphatic rings. The average molecular weight is 421 g/mol. The van der Waals surface area contributed by atoms with E-state index >= 15 is 0 Å². The first kappa shape index (κ1) is 20.0. The summed E-state index contributed by atoms with van der Waals surface area (Å²) in [7, 11) is -3.59. The molecule has 0 radical (unpaired) electrons. The van der Waals surface area contributed by atoms with Crippen molar-refractivity contribution in [2.75, 3.05) is 4.72 Å². The van der Waals surface area contributed by atoms with Gasteiger partial charge in [-0.05, 0) is 43.0 Å². The average Bonchev–Trinajstić information content (AvgIpc) is 3.28. The Kier molecular flexibility index (Phi) is 5.52. The summed E-state index contributed by atoms with van der Waals surface area (Å²) in [5, 5.41) is 8.42. The SMILES string of the molecule is Cc1nc(C(C)(C)NC(=O)Cc2ccc(NS(=O)(=O)c3cccs3)cc2)no1. The number of carbonyl (C=O) groups is 1. The third kappa shape index (κ3) is 4.76. The monoisotopic (exact) mass is 420 g/mol. The van der Waals surface area contributed by atoms with Gasteiger partial charge in [-0.25, -0.2) is 8.42 Å². The van der Waals surface area contributed by atoms with Gasteiger partial charge in [-0.3, -0.25) is 9.52 Å². The zero-order valence-electron chi connectivity index (χ0n) is 15.6. The third-order valence-electron chi connectivity index (χ3n) is 3.87. The van der Waals surface area contributed by atoms with E-state index in [1.165, 1.54) is 0 Å². The molecule has 10 heteroatoms. The first-order valence-corrected chi connectivity index (χ1v) is 10.8. The Morgan fingerprint density at radius 3 is 2.50 bits per heavy atom. The summed E-state index contributed by atoms with van der Waals surface area (Å²) in [4.78, 5) is 16.5. The highest BCUT2D eigenvalue weighted by Crippen LogP contribution is 2.21. The molecule has 28 heavy (non-hydrogen) atoms. The first-order valence-electron chi connectivity index (χ1n) is 8.43. The van der Waals surface area contributed by atoms with Gasteiger partial charge >= 0.3 is 0 Å². The summed E-state index contributed by atoms with van der Waals surface area (Å²) < 4.78 is 32.2. The number of hydrogen-bond donors (Lipinski definition) is 2. The molecule has 8 nitrogen and oxygen atoms in total. The quantitative estimate of drug-likeness (QED) is 0.607. The Bertz CT molecular complexity index is 1060. The second-order valence-electron chi connectivity index (χ2n) is 6.72. The first-order chi connectivity index (χ1) is 13.2. The molecule has 0 unspecified atom stereocenters. The second kappa shape index (κ2) is 7.72. The van der Waals surface area contributed by atoms with Crippen molar-refractivity contribution in [1.29, 1.82) is 0 Å². The van der Waals surface area contributed by atoms with Crippen LogP contribution in [-0.2, 0) is 26.8 Å². The summed E-state index contributed by atoms with van der Waals surface area (Å²) in [6, 6.07) is 9.88. The molecule has 2 N–H and O–H groups in total. The van der Waals surface area contributed by atoms with Crippen LogP contribution >= 0.6 is 11.3 Å². The standard InChI is InChI=1S/C18H20N4O4S2/c1-12-19-17(21-26-12)18(2,3)20-15(23)11-13-6-8-14(9-7-13)22-28(24,25)16-5-4-10-27-16/h4-10,22H,11H2,1-3H3,(H,20,23). The Morgan fingerprint density at radius 2 is 1.93 bits per heavy atom. The van der Waals surface area contributed by atoms with Crippen molar-refractivity contribution in [2.24, 2.45) is 0 Å². The van der Waals surface area contributed by atoms with E-state index in [0.717, 1.165) is 16.9 Å². The fourth-order valence-electron chi connectivity index (χ4n) is 2.50. The van der Waals surface area contributed by atoms with Crippen LogP contribution in [0.1, 0.15) is 31.1 Å². The van der Waals surface area contributed by atoms with Crippen LogP contribution in [0.2, 0.25) is 0 Å². The molecule has 0 saturated carbocycles. The van der Waals surface area contributed by atoms with Gasteiger partial charge in [0.05, 0.1) is 12.0 Å². The van der Waals surface area contributed by atoms with Crippen LogP contribution in [0.3, 0.4) is 0 Å². The maximum Gasteiger partial charge on any atom is 0.271 e. The van der Waals surface area contributed by atoms with E-state index in [1.54, 1.807) is 62.5 Å². The molecule has 148 valence electrons.